The Labute approximate surface area is 250 Å². The van der Waals surface area contributed by atoms with Crippen LogP contribution >= 0.6 is 0 Å². The van der Waals surface area contributed by atoms with Gasteiger partial charge in [0.25, 0.3) is 5.56 Å². The highest BCUT2D eigenvalue weighted by Gasteiger charge is 2.24. The molecule has 1 aromatic heterocycles. The number of halogens is 1. The first-order valence-corrected chi connectivity index (χ1v) is 15.0. The van der Waals surface area contributed by atoms with Crippen molar-refractivity contribution < 1.29 is 9.18 Å². The fourth-order valence-corrected chi connectivity index (χ4v) is 4.50. The lowest BCUT2D eigenvalue weighted by atomic mass is 9.95. The highest BCUT2D eigenvalue weighted by Crippen LogP contribution is 2.19. The summed E-state index contributed by atoms with van der Waals surface area (Å²) in [7, 11) is 0. The molecular formula is C31H53FN8O2. The van der Waals surface area contributed by atoms with Crippen LogP contribution in [0.3, 0.4) is 0 Å². The molecule has 42 heavy (non-hydrogen) atoms. The van der Waals surface area contributed by atoms with Crippen molar-refractivity contribution in [2.45, 2.75) is 90.5 Å². The van der Waals surface area contributed by atoms with Crippen molar-refractivity contribution in [3.63, 3.8) is 0 Å². The fraction of sp³-hybridized carbons (Fsp3) is 0.645. The maximum absolute atomic E-state index is 13.3. The van der Waals surface area contributed by atoms with Crippen molar-refractivity contribution >= 4 is 6.03 Å². The third-order valence-corrected chi connectivity index (χ3v) is 6.70. The van der Waals surface area contributed by atoms with Gasteiger partial charge in [-0.3, -0.25) is 9.69 Å². The van der Waals surface area contributed by atoms with Gasteiger partial charge in [-0.05, 0) is 70.8 Å². The van der Waals surface area contributed by atoms with E-state index in [4.69, 9.17) is 11.5 Å². The molecule has 11 heteroatoms. The zero-order valence-electron chi connectivity index (χ0n) is 26.4. The van der Waals surface area contributed by atoms with Crippen molar-refractivity contribution in [2.24, 2.45) is 11.5 Å². The fourth-order valence-electron chi connectivity index (χ4n) is 4.50. The van der Waals surface area contributed by atoms with Crippen LogP contribution in [0.25, 0.3) is 11.1 Å². The Bertz CT molecular complexity index is 1140. The molecule has 10 nitrogen and oxygen atoms in total. The molecule has 1 fully saturated rings. The van der Waals surface area contributed by atoms with Gasteiger partial charge in [0.2, 0.25) is 0 Å². The van der Waals surface area contributed by atoms with Gasteiger partial charge in [-0.25, -0.2) is 14.2 Å². The average molecular weight is 589 g/mol. The van der Waals surface area contributed by atoms with Gasteiger partial charge in [0.15, 0.2) is 0 Å². The summed E-state index contributed by atoms with van der Waals surface area (Å²) in [4.78, 5) is 33.4. The monoisotopic (exact) mass is 588 g/mol. The van der Waals surface area contributed by atoms with Crippen molar-refractivity contribution in [3.8, 4) is 11.1 Å². The first-order valence-electron chi connectivity index (χ1n) is 15.0. The predicted octanol–water partition coefficient (Wildman–Crippen LogP) is 3.02. The number of rotatable bonds is 10. The largest absolute Gasteiger partial charge is 0.334 e. The molecule has 1 aromatic carbocycles. The van der Waals surface area contributed by atoms with E-state index in [-0.39, 0.29) is 35.1 Å². The molecule has 1 saturated heterocycles. The number of piperidine rings is 1. The number of amides is 2. The standard InChI is InChI=1S/C18H26N4O.C13H27FN4O/c1-18(2,3)17-21-12-15(16(23)22-17)14-7-5-13(6-8-14)11-20-10-4-9-19;1-13(2,3)17-12(19)16-11-5-4-6-18(9-11)8-10(14)7-15/h5-8,12,20H,4,9-11,19H2,1-3H3,(H,21,22,23);10-11H,4-9,15H2,1-3H3,(H2,16,17,19)/t;10-,11-/m.1/s1. The van der Waals surface area contributed by atoms with Crippen LogP contribution in [0.15, 0.2) is 35.3 Å². The van der Waals surface area contributed by atoms with Crippen LogP contribution in [-0.4, -0.2) is 77.9 Å². The van der Waals surface area contributed by atoms with E-state index in [2.05, 4.69) is 25.9 Å². The van der Waals surface area contributed by atoms with E-state index in [0.717, 1.165) is 44.5 Å². The quantitative estimate of drug-likeness (QED) is 0.233. The molecule has 2 aromatic rings. The Morgan fingerprint density at radius 2 is 1.86 bits per heavy atom. The second-order valence-electron chi connectivity index (χ2n) is 13.0. The van der Waals surface area contributed by atoms with E-state index < -0.39 is 6.17 Å². The second kappa shape index (κ2) is 16.7. The number of hydrogen-bond acceptors (Lipinski definition) is 7. The normalized spacial score (nSPS) is 16.7. The molecule has 0 unspecified atom stereocenters. The van der Waals surface area contributed by atoms with Gasteiger partial charge in [-0.15, -0.1) is 0 Å². The summed E-state index contributed by atoms with van der Waals surface area (Å²) in [6.07, 6.45) is 3.56. The van der Waals surface area contributed by atoms with E-state index in [9.17, 15) is 14.0 Å². The summed E-state index contributed by atoms with van der Waals surface area (Å²) in [6, 6.07) is 7.91. The van der Waals surface area contributed by atoms with Crippen LogP contribution < -0.4 is 33.0 Å². The summed E-state index contributed by atoms with van der Waals surface area (Å²) >= 11 is 0. The van der Waals surface area contributed by atoms with E-state index in [1.54, 1.807) is 6.20 Å². The van der Waals surface area contributed by atoms with Gasteiger partial charge in [0.05, 0.1) is 5.56 Å². The van der Waals surface area contributed by atoms with Crippen LogP contribution in [0, 0.1) is 0 Å². The molecule has 1 aliphatic heterocycles. The summed E-state index contributed by atoms with van der Waals surface area (Å²) in [5, 5.41) is 9.16. The van der Waals surface area contributed by atoms with Gasteiger partial charge in [-0.2, -0.15) is 0 Å². The van der Waals surface area contributed by atoms with E-state index >= 15 is 0 Å². The van der Waals surface area contributed by atoms with E-state index in [0.29, 0.717) is 31.0 Å². The molecule has 1 aliphatic rings. The first kappa shape index (κ1) is 35.3. The Morgan fingerprint density at radius 1 is 1.17 bits per heavy atom. The van der Waals surface area contributed by atoms with Crippen LogP contribution in [0.5, 0.6) is 0 Å². The first-order chi connectivity index (χ1) is 19.7. The number of hydrogen-bond donors (Lipinski definition) is 6. The molecule has 0 saturated carbocycles. The Hall–Kier alpha value is -2.86. The summed E-state index contributed by atoms with van der Waals surface area (Å²) in [6.45, 7) is 16.3. The highest BCUT2D eigenvalue weighted by molar-refractivity contribution is 5.75. The van der Waals surface area contributed by atoms with Crippen molar-refractivity contribution in [1.82, 2.24) is 30.8 Å². The molecule has 3 rings (SSSR count). The number of likely N-dealkylation sites (tertiary alicyclic amines) is 1. The molecule has 8 N–H and O–H groups in total. The number of benzene rings is 1. The van der Waals surface area contributed by atoms with E-state index in [1.807, 2.05) is 70.7 Å². The predicted molar refractivity (Wildman–Crippen MR) is 169 cm³/mol. The maximum atomic E-state index is 13.3. The minimum absolute atomic E-state index is 0.0547. The molecule has 236 valence electrons. The number of nitrogens with zero attached hydrogens (tertiary/aromatic N) is 2. The molecule has 0 bridgehead atoms. The zero-order chi connectivity index (χ0) is 31.3. The number of H-pyrrole nitrogens is 1. The topological polar surface area (TPSA) is 154 Å². The van der Waals surface area contributed by atoms with Gasteiger partial charge in [0.1, 0.15) is 12.0 Å². The van der Waals surface area contributed by atoms with Crippen molar-refractivity contribution in [1.29, 1.82) is 0 Å². The van der Waals surface area contributed by atoms with Crippen molar-refractivity contribution in [3.05, 3.63) is 52.2 Å². The molecular weight excluding hydrogens is 535 g/mol. The Morgan fingerprint density at radius 3 is 2.43 bits per heavy atom. The van der Waals surface area contributed by atoms with Gasteiger partial charge in [0, 0.05) is 49.4 Å². The van der Waals surface area contributed by atoms with Crippen LogP contribution in [0.4, 0.5) is 9.18 Å². The Kier molecular flexibility index (Phi) is 14.0. The zero-order valence-corrected chi connectivity index (χ0v) is 26.4. The lowest BCUT2D eigenvalue weighted by molar-refractivity contribution is 0.147. The number of carbonyl (C=O) groups excluding carboxylic acids is 1. The highest BCUT2D eigenvalue weighted by atomic mass is 19.1. The number of alkyl halides is 1. The SMILES string of the molecule is CC(C)(C)NC(=O)N[C@@H]1CCCN(C[C@H](F)CN)C1.CC(C)(C)c1ncc(-c2ccc(CNCCCN)cc2)c(=O)[nH]1. The Balaban J connectivity index is 0.000000299. The molecule has 2 heterocycles. The minimum Gasteiger partial charge on any atom is -0.334 e. The minimum atomic E-state index is -0.984. The number of aromatic nitrogens is 2. The maximum Gasteiger partial charge on any atom is 0.315 e. The molecule has 0 spiro atoms. The lowest BCUT2D eigenvalue weighted by Gasteiger charge is -2.34. The third-order valence-electron chi connectivity index (χ3n) is 6.70. The summed E-state index contributed by atoms with van der Waals surface area (Å²) in [5.74, 6) is 0.701. The number of urea groups is 1. The van der Waals surface area contributed by atoms with Gasteiger partial charge in [-0.1, -0.05) is 45.0 Å². The number of nitrogens with one attached hydrogen (secondary N) is 4. The third kappa shape index (κ3) is 13.0. The molecule has 0 aliphatic carbocycles. The van der Waals surface area contributed by atoms with Gasteiger partial charge >= 0.3 is 6.03 Å². The average Bonchev–Trinajstić information content (AvgIpc) is 2.90. The smallest absolute Gasteiger partial charge is 0.315 e. The summed E-state index contributed by atoms with van der Waals surface area (Å²) < 4.78 is 13.3. The lowest BCUT2D eigenvalue weighted by Crippen LogP contribution is -2.54. The molecule has 0 radical (unpaired) electrons. The molecule has 2 atom stereocenters. The van der Waals surface area contributed by atoms with Crippen LogP contribution in [0.2, 0.25) is 0 Å². The van der Waals surface area contributed by atoms with Gasteiger partial charge < -0.3 is 32.4 Å². The van der Waals surface area contributed by atoms with Crippen molar-refractivity contribution in [2.75, 3.05) is 39.3 Å². The molecule has 2 amide bonds. The number of carbonyl (C=O) groups is 1. The number of nitrogens with two attached hydrogens (primary N) is 2. The van der Waals surface area contributed by atoms with Crippen LogP contribution in [-0.2, 0) is 12.0 Å². The summed E-state index contributed by atoms with van der Waals surface area (Å²) in [5.41, 5.74) is 12.9. The van der Waals surface area contributed by atoms with Crippen LogP contribution in [0.1, 0.15) is 72.2 Å². The van der Waals surface area contributed by atoms with E-state index in [1.165, 1.54) is 5.56 Å². The second-order valence-corrected chi connectivity index (χ2v) is 13.0. The number of aromatic amines is 1.